The van der Waals surface area contributed by atoms with Crippen molar-refractivity contribution in [3.63, 3.8) is 0 Å². The first kappa shape index (κ1) is 27.3. The van der Waals surface area contributed by atoms with Crippen LogP contribution in [0.15, 0.2) is 103 Å². The van der Waals surface area contributed by atoms with Crippen LogP contribution in [0.5, 0.6) is 5.75 Å². The van der Waals surface area contributed by atoms with Crippen molar-refractivity contribution in [3.05, 3.63) is 129 Å². The molecular weight excluding hydrogens is 644 g/mol. The quantitative estimate of drug-likeness (QED) is 0.230. The number of benzene rings is 3. The number of methoxy groups -OCH3 is 1. The molecule has 4 aromatic rings. The number of hydrogen-bond donors (Lipinski definition) is 0. The standard InChI is InChI=1S/C30H24Br2N2O4S/c1-3-23-25(29(36)37-2)26(19-12-8-5-9-13-19)34-28(35)24(39-30(34)33-23)15-20-14-21(31)16-22(32)27(20)38-17-18-10-6-4-7-11-18/h4-16,26H,3,17H2,1-2H3/b24-15+/t26-/m0/s1. The molecule has 0 fully saturated rings. The molecule has 0 spiro atoms. The lowest BCUT2D eigenvalue weighted by molar-refractivity contribution is -0.136. The zero-order valence-corrected chi connectivity index (χ0v) is 25.2. The summed E-state index contributed by atoms with van der Waals surface area (Å²) in [5, 5.41) is 0. The summed E-state index contributed by atoms with van der Waals surface area (Å²) in [4.78, 5) is 32.2. The van der Waals surface area contributed by atoms with Gasteiger partial charge in [0.05, 0.1) is 33.4 Å². The average Bonchev–Trinajstić information content (AvgIpc) is 3.26. The number of halogens is 2. The van der Waals surface area contributed by atoms with Crippen LogP contribution in [0.2, 0.25) is 0 Å². The predicted octanol–water partition coefficient (Wildman–Crippen LogP) is 5.90. The van der Waals surface area contributed by atoms with Gasteiger partial charge in [0.15, 0.2) is 4.80 Å². The highest BCUT2D eigenvalue weighted by molar-refractivity contribution is 9.11. The molecule has 1 aliphatic heterocycles. The van der Waals surface area contributed by atoms with E-state index in [-0.39, 0.29) is 5.56 Å². The van der Waals surface area contributed by atoms with Crippen molar-refractivity contribution in [2.75, 3.05) is 7.11 Å². The second-order valence-corrected chi connectivity index (χ2v) is 11.6. The first-order valence-electron chi connectivity index (χ1n) is 12.2. The SMILES string of the molecule is CCC1=C(C(=O)OC)[C@H](c2ccccc2)n2c(s/c(=C/c3cc(Br)cc(Br)c3OCc3ccccc3)c2=O)=N1. The number of allylic oxidation sites excluding steroid dienone is 1. The second-order valence-electron chi connectivity index (χ2n) is 8.78. The summed E-state index contributed by atoms with van der Waals surface area (Å²) >= 11 is 8.46. The number of fused-ring (bicyclic) bond motifs is 1. The van der Waals surface area contributed by atoms with E-state index in [9.17, 15) is 9.59 Å². The number of ether oxygens (including phenoxy) is 2. The number of esters is 1. The summed E-state index contributed by atoms with van der Waals surface area (Å²) in [6.45, 7) is 2.31. The fourth-order valence-electron chi connectivity index (χ4n) is 4.53. The van der Waals surface area contributed by atoms with Crippen LogP contribution in [0.3, 0.4) is 0 Å². The molecule has 2 heterocycles. The lowest BCUT2D eigenvalue weighted by Crippen LogP contribution is -2.40. The number of thiazole rings is 1. The molecule has 5 rings (SSSR count). The molecule has 1 aromatic heterocycles. The van der Waals surface area contributed by atoms with Crippen molar-refractivity contribution in [2.24, 2.45) is 4.99 Å². The van der Waals surface area contributed by atoms with Crippen molar-refractivity contribution in [1.82, 2.24) is 4.57 Å². The minimum absolute atomic E-state index is 0.241. The van der Waals surface area contributed by atoms with Crippen LogP contribution in [-0.2, 0) is 16.1 Å². The molecule has 6 nitrogen and oxygen atoms in total. The summed E-state index contributed by atoms with van der Waals surface area (Å²) in [7, 11) is 1.35. The molecule has 39 heavy (non-hydrogen) atoms. The minimum Gasteiger partial charge on any atom is -0.487 e. The van der Waals surface area contributed by atoms with E-state index >= 15 is 0 Å². The molecule has 1 aliphatic rings. The summed E-state index contributed by atoms with van der Waals surface area (Å²) in [6.07, 6.45) is 2.34. The van der Waals surface area contributed by atoms with Crippen LogP contribution in [0.1, 0.15) is 36.1 Å². The van der Waals surface area contributed by atoms with Crippen LogP contribution in [-0.4, -0.2) is 17.6 Å². The topological polar surface area (TPSA) is 69.9 Å². The van der Waals surface area contributed by atoms with Gasteiger partial charge in [0, 0.05) is 10.0 Å². The monoisotopic (exact) mass is 666 g/mol. The van der Waals surface area contributed by atoms with Gasteiger partial charge in [-0.15, -0.1) is 0 Å². The first-order chi connectivity index (χ1) is 18.9. The molecular formula is C30H24Br2N2O4S. The van der Waals surface area contributed by atoms with E-state index in [1.54, 1.807) is 4.57 Å². The fraction of sp³-hybridized carbons (Fsp3) is 0.167. The Bertz CT molecular complexity index is 1750. The first-order valence-corrected chi connectivity index (χ1v) is 14.6. The molecule has 0 aliphatic carbocycles. The van der Waals surface area contributed by atoms with Gasteiger partial charge in [0.2, 0.25) is 0 Å². The summed E-state index contributed by atoms with van der Waals surface area (Å²) in [5.41, 5.74) is 3.32. The van der Waals surface area contributed by atoms with Gasteiger partial charge in [0.25, 0.3) is 5.56 Å². The van der Waals surface area contributed by atoms with Crippen molar-refractivity contribution in [1.29, 1.82) is 0 Å². The van der Waals surface area contributed by atoms with Crippen molar-refractivity contribution >= 4 is 55.2 Å². The summed E-state index contributed by atoms with van der Waals surface area (Å²) < 4.78 is 15.0. The van der Waals surface area contributed by atoms with Crippen molar-refractivity contribution in [3.8, 4) is 5.75 Å². The number of nitrogens with zero attached hydrogens (tertiary/aromatic N) is 2. The smallest absolute Gasteiger partial charge is 0.338 e. The van der Waals surface area contributed by atoms with Crippen molar-refractivity contribution in [2.45, 2.75) is 26.0 Å². The molecule has 0 radical (unpaired) electrons. The lowest BCUT2D eigenvalue weighted by atomic mass is 9.95. The number of rotatable bonds is 7. The van der Waals surface area contributed by atoms with E-state index in [1.165, 1.54) is 18.4 Å². The van der Waals surface area contributed by atoms with Gasteiger partial charge in [0.1, 0.15) is 12.4 Å². The predicted molar refractivity (Wildman–Crippen MR) is 159 cm³/mol. The van der Waals surface area contributed by atoms with E-state index in [1.807, 2.05) is 85.8 Å². The summed E-state index contributed by atoms with van der Waals surface area (Å²) in [6, 6.07) is 22.6. The zero-order valence-electron chi connectivity index (χ0n) is 21.2. The van der Waals surface area contributed by atoms with Crippen LogP contribution >= 0.6 is 43.2 Å². The highest BCUT2D eigenvalue weighted by atomic mass is 79.9. The van der Waals surface area contributed by atoms with E-state index in [2.05, 4.69) is 31.9 Å². The highest BCUT2D eigenvalue weighted by Gasteiger charge is 2.33. The molecule has 1 atom stereocenters. The Kier molecular flexibility index (Phi) is 8.30. The van der Waals surface area contributed by atoms with Gasteiger partial charge in [-0.2, -0.15) is 0 Å². The maximum absolute atomic E-state index is 14.0. The van der Waals surface area contributed by atoms with E-state index in [4.69, 9.17) is 14.5 Å². The van der Waals surface area contributed by atoms with Crippen LogP contribution < -0.4 is 19.6 Å². The zero-order chi connectivity index (χ0) is 27.5. The second kappa shape index (κ2) is 11.9. The Morgan fingerprint density at radius 3 is 2.44 bits per heavy atom. The third kappa shape index (κ3) is 5.57. The Labute approximate surface area is 246 Å². The van der Waals surface area contributed by atoms with Gasteiger partial charge >= 0.3 is 5.97 Å². The molecule has 198 valence electrons. The molecule has 9 heteroatoms. The molecule has 0 saturated carbocycles. The molecule has 0 saturated heterocycles. The average molecular weight is 668 g/mol. The largest absolute Gasteiger partial charge is 0.487 e. The number of carbonyl (C=O) groups excluding carboxylic acids is 1. The van der Waals surface area contributed by atoms with E-state index < -0.39 is 12.0 Å². The molecule has 0 amide bonds. The Balaban J connectivity index is 1.68. The minimum atomic E-state index is -0.643. The molecule has 0 bridgehead atoms. The number of aromatic nitrogens is 1. The maximum atomic E-state index is 14.0. The third-order valence-electron chi connectivity index (χ3n) is 6.32. The number of carbonyl (C=O) groups is 1. The normalized spacial score (nSPS) is 15.1. The third-order valence-corrected chi connectivity index (χ3v) is 8.35. The van der Waals surface area contributed by atoms with E-state index in [0.29, 0.717) is 39.4 Å². The number of hydrogen-bond acceptors (Lipinski definition) is 6. The maximum Gasteiger partial charge on any atom is 0.338 e. The molecule has 0 N–H and O–H groups in total. The Morgan fingerprint density at radius 2 is 1.77 bits per heavy atom. The van der Waals surface area contributed by atoms with Crippen molar-refractivity contribution < 1.29 is 14.3 Å². The van der Waals surface area contributed by atoms with Crippen LogP contribution in [0.25, 0.3) is 6.08 Å². The molecule has 0 unspecified atom stereocenters. The Hall–Kier alpha value is -3.27. The van der Waals surface area contributed by atoms with Gasteiger partial charge in [-0.05, 0) is 51.7 Å². The molecule has 3 aromatic carbocycles. The van der Waals surface area contributed by atoms with Gasteiger partial charge < -0.3 is 9.47 Å². The van der Waals surface area contributed by atoms with Gasteiger partial charge in [-0.3, -0.25) is 9.36 Å². The van der Waals surface area contributed by atoms with Crippen LogP contribution in [0.4, 0.5) is 0 Å². The van der Waals surface area contributed by atoms with Crippen LogP contribution in [0, 0.1) is 0 Å². The highest BCUT2D eigenvalue weighted by Crippen LogP contribution is 2.35. The van der Waals surface area contributed by atoms with Gasteiger partial charge in [-0.25, -0.2) is 9.79 Å². The lowest BCUT2D eigenvalue weighted by Gasteiger charge is -2.25. The summed E-state index contributed by atoms with van der Waals surface area (Å²) in [5.74, 6) is 0.128. The fourth-order valence-corrected chi connectivity index (χ4v) is 6.91. The van der Waals surface area contributed by atoms with Gasteiger partial charge in [-0.1, -0.05) is 94.9 Å². The Morgan fingerprint density at radius 1 is 1.08 bits per heavy atom. The van der Waals surface area contributed by atoms with E-state index in [0.717, 1.165) is 25.6 Å².